The summed E-state index contributed by atoms with van der Waals surface area (Å²) in [4.78, 5) is 22.6. The first-order valence-electron chi connectivity index (χ1n) is 5.64. The number of hydrogen-bond acceptors (Lipinski definition) is 2. The highest BCUT2D eigenvalue weighted by atomic mass is 79.9. The topological polar surface area (TPSA) is 78.4 Å². The molecule has 1 aliphatic rings. The van der Waals surface area contributed by atoms with Crippen LogP contribution in [0, 0.1) is 5.92 Å². The molecule has 18 heavy (non-hydrogen) atoms. The van der Waals surface area contributed by atoms with Crippen molar-refractivity contribution in [3.05, 3.63) is 28.2 Å². The van der Waals surface area contributed by atoms with Crippen LogP contribution in [0.3, 0.4) is 0 Å². The highest BCUT2D eigenvalue weighted by molar-refractivity contribution is 9.10. The Hall–Kier alpha value is -1.56. The SMILES string of the molecule is O=C(NCC1CC1)Nc1cc(Br)ccc1C(=O)O. The van der Waals surface area contributed by atoms with Crippen LogP contribution in [0.1, 0.15) is 23.2 Å². The third kappa shape index (κ3) is 3.46. The maximum absolute atomic E-state index is 11.6. The summed E-state index contributed by atoms with van der Waals surface area (Å²) < 4.78 is 0.713. The minimum absolute atomic E-state index is 0.0692. The number of carboxylic acids is 1. The quantitative estimate of drug-likeness (QED) is 0.799. The fourth-order valence-corrected chi connectivity index (χ4v) is 1.89. The Kier molecular flexibility index (Phi) is 3.86. The van der Waals surface area contributed by atoms with Crippen LogP contribution < -0.4 is 10.6 Å². The van der Waals surface area contributed by atoms with Crippen molar-refractivity contribution in [2.45, 2.75) is 12.8 Å². The molecule has 0 atom stereocenters. The first-order chi connectivity index (χ1) is 8.56. The molecule has 0 spiro atoms. The Morgan fingerprint density at radius 1 is 1.39 bits per heavy atom. The number of carboxylic acid groups (broad SMARTS) is 1. The minimum atomic E-state index is -1.07. The van der Waals surface area contributed by atoms with Crippen LogP contribution in [-0.2, 0) is 0 Å². The fourth-order valence-electron chi connectivity index (χ4n) is 1.53. The Morgan fingerprint density at radius 3 is 2.72 bits per heavy atom. The third-order valence-electron chi connectivity index (χ3n) is 2.71. The number of anilines is 1. The van der Waals surface area contributed by atoms with Gasteiger partial charge < -0.3 is 15.7 Å². The second-order valence-electron chi connectivity index (χ2n) is 4.27. The summed E-state index contributed by atoms with van der Waals surface area (Å²) in [6.07, 6.45) is 2.30. The van der Waals surface area contributed by atoms with Crippen LogP contribution >= 0.6 is 15.9 Å². The molecular formula is C12H13BrN2O3. The van der Waals surface area contributed by atoms with Crippen molar-refractivity contribution in [2.75, 3.05) is 11.9 Å². The summed E-state index contributed by atoms with van der Waals surface area (Å²) in [7, 11) is 0. The van der Waals surface area contributed by atoms with E-state index in [0.29, 0.717) is 16.9 Å². The van der Waals surface area contributed by atoms with Gasteiger partial charge in [-0.15, -0.1) is 0 Å². The van der Waals surface area contributed by atoms with E-state index in [1.807, 2.05) is 0 Å². The van der Waals surface area contributed by atoms with Crippen LogP contribution in [0.2, 0.25) is 0 Å². The van der Waals surface area contributed by atoms with Gasteiger partial charge >= 0.3 is 12.0 Å². The molecule has 0 unspecified atom stereocenters. The summed E-state index contributed by atoms with van der Waals surface area (Å²) in [5, 5.41) is 14.3. The molecule has 96 valence electrons. The Labute approximate surface area is 113 Å². The van der Waals surface area contributed by atoms with Gasteiger partial charge in [0, 0.05) is 11.0 Å². The number of amides is 2. The van der Waals surface area contributed by atoms with Gasteiger partial charge in [0.2, 0.25) is 0 Å². The number of nitrogens with one attached hydrogen (secondary N) is 2. The summed E-state index contributed by atoms with van der Waals surface area (Å²) in [5.41, 5.74) is 0.352. The monoisotopic (exact) mass is 312 g/mol. The van der Waals surface area contributed by atoms with Crippen LogP contribution in [0.25, 0.3) is 0 Å². The summed E-state index contributed by atoms with van der Waals surface area (Å²) in [6, 6.07) is 4.27. The van der Waals surface area contributed by atoms with E-state index in [9.17, 15) is 9.59 Å². The van der Waals surface area contributed by atoms with Gasteiger partial charge in [-0.1, -0.05) is 15.9 Å². The highest BCUT2D eigenvalue weighted by Crippen LogP contribution is 2.27. The zero-order valence-electron chi connectivity index (χ0n) is 9.57. The number of hydrogen-bond donors (Lipinski definition) is 3. The van der Waals surface area contributed by atoms with Crippen molar-refractivity contribution in [2.24, 2.45) is 5.92 Å². The third-order valence-corrected chi connectivity index (χ3v) is 3.20. The Balaban J connectivity index is 2.03. The lowest BCUT2D eigenvalue weighted by atomic mass is 10.2. The molecule has 0 bridgehead atoms. The molecule has 5 nitrogen and oxygen atoms in total. The van der Waals surface area contributed by atoms with Crippen LogP contribution in [-0.4, -0.2) is 23.7 Å². The van der Waals surface area contributed by atoms with E-state index in [-0.39, 0.29) is 17.3 Å². The van der Waals surface area contributed by atoms with Crippen molar-refractivity contribution in [1.29, 1.82) is 0 Å². The van der Waals surface area contributed by atoms with Gasteiger partial charge in [0.15, 0.2) is 0 Å². The lowest BCUT2D eigenvalue weighted by Gasteiger charge is -2.10. The second-order valence-corrected chi connectivity index (χ2v) is 5.19. The molecule has 1 saturated carbocycles. The smallest absolute Gasteiger partial charge is 0.337 e. The molecule has 6 heteroatoms. The average molecular weight is 313 g/mol. The van der Waals surface area contributed by atoms with Gasteiger partial charge in [0.25, 0.3) is 0 Å². The molecule has 0 heterocycles. The van der Waals surface area contributed by atoms with E-state index in [4.69, 9.17) is 5.11 Å². The second kappa shape index (κ2) is 5.39. The Morgan fingerprint density at radius 2 is 2.11 bits per heavy atom. The van der Waals surface area contributed by atoms with Crippen LogP contribution in [0.4, 0.5) is 10.5 Å². The van der Waals surface area contributed by atoms with Crippen molar-refractivity contribution in [1.82, 2.24) is 5.32 Å². The lowest BCUT2D eigenvalue weighted by Crippen LogP contribution is -2.31. The average Bonchev–Trinajstić information content (AvgIpc) is 3.09. The van der Waals surface area contributed by atoms with Crippen molar-refractivity contribution in [3.8, 4) is 0 Å². The highest BCUT2D eigenvalue weighted by Gasteiger charge is 2.22. The molecule has 1 aromatic carbocycles. The molecule has 1 aliphatic carbocycles. The minimum Gasteiger partial charge on any atom is -0.478 e. The van der Waals surface area contributed by atoms with Crippen molar-refractivity contribution >= 4 is 33.6 Å². The predicted octanol–water partition coefficient (Wildman–Crippen LogP) is 2.68. The maximum atomic E-state index is 11.6. The maximum Gasteiger partial charge on any atom is 0.337 e. The van der Waals surface area contributed by atoms with Crippen LogP contribution in [0.15, 0.2) is 22.7 Å². The molecule has 0 aromatic heterocycles. The summed E-state index contributed by atoms with van der Waals surface area (Å²) >= 11 is 3.24. The molecule has 0 saturated heterocycles. The number of rotatable bonds is 4. The van der Waals surface area contributed by atoms with Gasteiger partial charge in [-0.2, -0.15) is 0 Å². The van der Waals surface area contributed by atoms with E-state index < -0.39 is 5.97 Å². The molecule has 1 fully saturated rings. The van der Waals surface area contributed by atoms with E-state index in [1.54, 1.807) is 12.1 Å². The first-order valence-corrected chi connectivity index (χ1v) is 6.43. The number of carbonyl (C=O) groups is 2. The standard InChI is InChI=1S/C12H13BrN2O3/c13-8-3-4-9(11(16)17)10(5-8)15-12(18)14-6-7-1-2-7/h3-5,7H,1-2,6H2,(H,16,17)(H2,14,15,18). The summed E-state index contributed by atoms with van der Waals surface area (Å²) in [5.74, 6) is -0.489. The molecule has 0 aliphatic heterocycles. The van der Waals surface area contributed by atoms with Gasteiger partial charge in [-0.25, -0.2) is 9.59 Å². The van der Waals surface area contributed by atoms with Gasteiger partial charge in [0.1, 0.15) is 0 Å². The largest absolute Gasteiger partial charge is 0.478 e. The van der Waals surface area contributed by atoms with E-state index in [0.717, 1.165) is 12.8 Å². The molecule has 1 aromatic rings. The van der Waals surface area contributed by atoms with E-state index in [2.05, 4.69) is 26.6 Å². The molecular weight excluding hydrogens is 300 g/mol. The number of carbonyl (C=O) groups excluding carboxylic acids is 1. The van der Waals surface area contributed by atoms with E-state index in [1.165, 1.54) is 6.07 Å². The number of benzene rings is 1. The van der Waals surface area contributed by atoms with Gasteiger partial charge in [0.05, 0.1) is 11.3 Å². The first kappa shape index (κ1) is 12.9. The molecule has 3 N–H and O–H groups in total. The Bertz CT molecular complexity index is 486. The molecule has 0 radical (unpaired) electrons. The van der Waals surface area contributed by atoms with Gasteiger partial charge in [-0.3, -0.25) is 0 Å². The fraction of sp³-hybridized carbons (Fsp3) is 0.333. The number of aromatic carboxylic acids is 1. The van der Waals surface area contributed by atoms with Crippen molar-refractivity contribution in [3.63, 3.8) is 0 Å². The lowest BCUT2D eigenvalue weighted by molar-refractivity contribution is 0.0698. The number of urea groups is 1. The van der Waals surface area contributed by atoms with Crippen molar-refractivity contribution < 1.29 is 14.7 Å². The molecule has 2 amide bonds. The molecule has 2 rings (SSSR count). The zero-order chi connectivity index (χ0) is 13.1. The zero-order valence-corrected chi connectivity index (χ0v) is 11.2. The van der Waals surface area contributed by atoms with Crippen LogP contribution in [0.5, 0.6) is 0 Å². The predicted molar refractivity (Wildman–Crippen MR) is 70.8 cm³/mol. The van der Waals surface area contributed by atoms with E-state index >= 15 is 0 Å². The number of halogens is 1. The van der Waals surface area contributed by atoms with Gasteiger partial charge in [-0.05, 0) is 37.0 Å². The normalized spacial score (nSPS) is 14.1. The summed E-state index contributed by atoms with van der Waals surface area (Å²) in [6.45, 7) is 0.641.